The second-order valence-corrected chi connectivity index (χ2v) is 5.07. The number of aromatic amines is 1. The van der Waals surface area contributed by atoms with Crippen LogP contribution in [0.3, 0.4) is 0 Å². The molecule has 0 saturated heterocycles. The van der Waals surface area contributed by atoms with Crippen molar-refractivity contribution >= 4 is 16.8 Å². The Bertz CT molecular complexity index is 558. The van der Waals surface area contributed by atoms with Gasteiger partial charge in [-0.05, 0) is 11.6 Å². The van der Waals surface area contributed by atoms with E-state index < -0.39 is 6.61 Å². The van der Waals surface area contributed by atoms with Gasteiger partial charge >= 0.3 is 0 Å². The van der Waals surface area contributed by atoms with E-state index in [1.807, 2.05) is 24.4 Å². The SMILES string of the molecule is CC(C)(CNC(=O)CO)c1c[nH]c2ccccc12. The molecule has 0 unspecified atom stereocenters. The predicted molar refractivity (Wildman–Crippen MR) is 71.4 cm³/mol. The normalized spacial score (nSPS) is 11.7. The zero-order chi connectivity index (χ0) is 13.2. The summed E-state index contributed by atoms with van der Waals surface area (Å²) < 4.78 is 0. The van der Waals surface area contributed by atoms with Crippen LogP contribution in [0, 0.1) is 0 Å². The second kappa shape index (κ2) is 4.82. The molecule has 4 heteroatoms. The Morgan fingerprint density at radius 2 is 2.11 bits per heavy atom. The molecule has 1 aromatic carbocycles. The number of carbonyl (C=O) groups excluding carboxylic acids is 1. The first-order chi connectivity index (χ1) is 8.54. The number of benzene rings is 1. The lowest BCUT2D eigenvalue weighted by atomic mass is 9.84. The zero-order valence-electron chi connectivity index (χ0n) is 10.7. The van der Waals surface area contributed by atoms with E-state index in [-0.39, 0.29) is 11.3 Å². The molecule has 0 bridgehead atoms. The highest BCUT2D eigenvalue weighted by molar-refractivity contribution is 5.84. The van der Waals surface area contributed by atoms with E-state index >= 15 is 0 Å². The largest absolute Gasteiger partial charge is 0.387 e. The van der Waals surface area contributed by atoms with Crippen molar-refractivity contribution in [3.63, 3.8) is 0 Å². The first-order valence-corrected chi connectivity index (χ1v) is 5.99. The Kier molecular flexibility index (Phi) is 3.39. The van der Waals surface area contributed by atoms with Gasteiger partial charge in [0.05, 0.1) is 0 Å². The lowest BCUT2D eigenvalue weighted by Crippen LogP contribution is -2.37. The summed E-state index contributed by atoms with van der Waals surface area (Å²) in [6, 6.07) is 8.09. The molecular formula is C14H18N2O2. The number of amides is 1. The van der Waals surface area contributed by atoms with Gasteiger partial charge in [-0.1, -0.05) is 32.0 Å². The average molecular weight is 246 g/mol. The number of nitrogens with one attached hydrogen (secondary N) is 2. The number of hydrogen-bond acceptors (Lipinski definition) is 2. The Morgan fingerprint density at radius 3 is 2.83 bits per heavy atom. The minimum absolute atomic E-state index is 0.190. The summed E-state index contributed by atoms with van der Waals surface area (Å²) >= 11 is 0. The smallest absolute Gasteiger partial charge is 0.245 e. The number of hydrogen-bond donors (Lipinski definition) is 3. The highest BCUT2D eigenvalue weighted by Crippen LogP contribution is 2.29. The van der Waals surface area contributed by atoms with E-state index in [0.717, 1.165) is 11.1 Å². The Balaban J connectivity index is 2.26. The van der Waals surface area contributed by atoms with E-state index in [1.165, 1.54) is 5.39 Å². The summed E-state index contributed by atoms with van der Waals surface area (Å²) in [5.41, 5.74) is 2.06. The van der Waals surface area contributed by atoms with Crippen LogP contribution in [0.2, 0.25) is 0 Å². The van der Waals surface area contributed by atoms with Crippen molar-refractivity contribution in [2.24, 2.45) is 0 Å². The van der Waals surface area contributed by atoms with Crippen LogP contribution in [-0.2, 0) is 10.2 Å². The van der Waals surface area contributed by atoms with Crippen molar-refractivity contribution < 1.29 is 9.90 Å². The summed E-state index contributed by atoms with van der Waals surface area (Å²) in [5, 5.41) is 12.6. The molecule has 0 spiro atoms. The van der Waals surface area contributed by atoms with Gasteiger partial charge in [0.25, 0.3) is 0 Å². The number of para-hydroxylation sites is 1. The molecule has 0 saturated carbocycles. The van der Waals surface area contributed by atoms with Gasteiger partial charge < -0.3 is 15.4 Å². The van der Waals surface area contributed by atoms with Gasteiger partial charge in [-0.2, -0.15) is 0 Å². The summed E-state index contributed by atoms with van der Waals surface area (Å²) in [6.07, 6.45) is 1.98. The molecule has 1 heterocycles. The van der Waals surface area contributed by atoms with Gasteiger partial charge in [0.1, 0.15) is 6.61 Å². The lowest BCUT2D eigenvalue weighted by Gasteiger charge is -2.24. The van der Waals surface area contributed by atoms with Crippen LogP contribution in [-0.4, -0.2) is 29.1 Å². The van der Waals surface area contributed by atoms with Gasteiger partial charge in [0, 0.05) is 29.1 Å². The van der Waals surface area contributed by atoms with Crippen LogP contribution in [0.15, 0.2) is 30.5 Å². The first kappa shape index (κ1) is 12.6. The molecule has 3 N–H and O–H groups in total. The number of aromatic nitrogens is 1. The summed E-state index contributed by atoms with van der Waals surface area (Å²) in [4.78, 5) is 14.4. The second-order valence-electron chi connectivity index (χ2n) is 5.07. The van der Waals surface area contributed by atoms with E-state index in [1.54, 1.807) is 0 Å². The number of rotatable bonds is 4. The number of aliphatic hydroxyl groups is 1. The third-order valence-corrected chi connectivity index (χ3v) is 3.19. The maximum atomic E-state index is 11.1. The molecule has 0 atom stereocenters. The highest BCUT2D eigenvalue weighted by atomic mass is 16.3. The zero-order valence-corrected chi connectivity index (χ0v) is 10.7. The van der Waals surface area contributed by atoms with Crippen LogP contribution in [0.4, 0.5) is 0 Å². The van der Waals surface area contributed by atoms with Crippen molar-refractivity contribution in [2.45, 2.75) is 19.3 Å². The number of aliphatic hydroxyl groups excluding tert-OH is 1. The van der Waals surface area contributed by atoms with Gasteiger partial charge in [-0.25, -0.2) is 0 Å². The van der Waals surface area contributed by atoms with E-state index in [4.69, 9.17) is 5.11 Å². The molecule has 0 aliphatic carbocycles. The highest BCUT2D eigenvalue weighted by Gasteiger charge is 2.24. The molecule has 96 valence electrons. The third-order valence-electron chi connectivity index (χ3n) is 3.19. The van der Waals surface area contributed by atoms with Gasteiger partial charge in [-0.15, -0.1) is 0 Å². The maximum absolute atomic E-state index is 11.1. The molecule has 0 aliphatic heterocycles. The summed E-state index contributed by atoms with van der Waals surface area (Å²) in [6.45, 7) is 4.17. The molecule has 1 aromatic heterocycles. The molecular weight excluding hydrogens is 228 g/mol. The number of H-pyrrole nitrogens is 1. The molecule has 0 aliphatic rings. The lowest BCUT2D eigenvalue weighted by molar-refractivity contribution is -0.124. The van der Waals surface area contributed by atoms with Gasteiger partial charge in [-0.3, -0.25) is 4.79 Å². The molecule has 4 nitrogen and oxygen atoms in total. The van der Waals surface area contributed by atoms with Crippen LogP contribution >= 0.6 is 0 Å². The van der Waals surface area contributed by atoms with Gasteiger partial charge in [0.2, 0.25) is 5.91 Å². The quantitative estimate of drug-likeness (QED) is 0.766. The van der Waals surface area contributed by atoms with Crippen molar-refractivity contribution in [3.8, 4) is 0 Å². The number of carbonyl (C=O) groups is 1. The van der Waals surface area contributed by atoms with Crippen molar-refractivity contribution in [1.29, 1.82) is 0 Å². The molecule has 0 radical (unpaired) electrons. The minimum atomic E-state index is -0.468. The summed E-state index contributed by atoms with van der Waals surface area (Å²) in [5.74, 6) is -0.345. The fraction of sp³-hybridized carbons (Fsp3) is 0.357. The monoisotopic (exact) mass is 246 g/mol. The Morgan fingerprint density at radius 1 is 1.39 bits per heavy atom. The maximum Gasteiger partial charge on any atom is 0.245 e. The Labute approximate surface area is 106 Å². The average Bonchev–Trinajstić information content (AvgIpc) is 2.80. The predicted octanol–water partition coefficient (Wildman–Crippen LogP) is 1.55. The molecule has 0 fully saturated rings. The molecule has 2 rings (SSSR count). The molecule has 2 aromatic rings. The minimum Gasteiger partial charge on any atom is -0.387 e. The van der Waals surface area contributed by atoms with Gasteiger partial charge in [0.15, 0.2) is 0 Å². The van der Waals surface area contributed by atoms with Crippen molar-refractivity contribution in [3.05, 3.63) is 36.0 Å². The van der Waals surface area contributed by atoms with E-state index in [9.17, 15) is 4.79 Å². The number of fused-ring (bicyclic) bond motifs is 1. The van der Waals surface area contributed by atoms with Crippen molar-refractivity contribution in [1.82, 2.24) is 10.3 Å². The van der Waals surface area contributed by atoms with E-state index in [2.05, 4.69) is 30.2 Å². The van der Waals surface area contributed by atoms with Crippen LogP contribution in [0.5, 0.6) is 0 Å². The molecule has 18 heavy (non-hydrogen) atoms. The van der Waals surface area contributed by atoms with Crippen LogP contribution in [0.25, 0.3) is 10.9 Å². The first-order valence-electron chi connectivity index (χ1n) is 5.99. The standard InChI is InChI=1S/C14H18N2O2/c1-14(2,9-16-13(18)8-17)11-7-15-12-6-4-3-5-10(11)12/h3-7,15,17H,8-9H2,1-2H3,(H,16,18). The molecule has 1 amide bonds. The van der Waals surface area contributed by atoms with E-state index in [0.29, 0.717) is 6.54 Å². The van der Waals surface area contributed by atoms with Crippen LogP contribution < -0.4 is 5.32 Å². The Hall–Kier alpha value is -1.81. The third kappa shape index (κ3) is 2.38. The topological polar surface area (TPSA) is 65.1 Å². The fourth-order valence-electron chi connectivity index (χ4n) is 2.10. The van der Waals surface area contributed by atoms with Crippen LogP contribution in [0.1, 0.15) is 19.4 Å². The van der Waals surface area contributed by atoms with Crippen molar-refractivity contribution in [2.75, 3.05) is 13.2 Å². The fourth-order valence-corrected chi connectivity index (χ4v) is 2.10. The summed E-state index contributed by atoms with van der Waals surface area (Å²) in [7, 11) is 0.